The third-order valence-corrected chi connectivity index (χ3v) is 7.27. The number of hydrogen-bond acceptors (Lipinski definition) is 5. The average Bonchev–Trinajstić information content (AvgIpc) is 3.14. The van der Waals surface area contributed by atoms with Crippen LogP contribution in [0.1, 0.15) is 91.4 Å². The second-order valence-corrected chi connectivity index (χ2v) is 11.0. The van der Waals surface area contributed by atoms with Crippen molar-refractivity contribution < 1.29 is 28.8 Å². The molecule has 3 rings (SSSR count). The Morgan fingerprint density at radius 2 is 1.91 bits per heavy atom. The fourth-order valence-corrected chi connectivity index (χ4v) is 5.31. The monoisotopic (exact) mass is 478 g/mol. The molecule has 6 nitrogen and oxygen atoms in total. The van der Waals surface area contributed by atoms with E-state index in [4.69, 9.17) is 24.1 Å². The summed E-state index contributed by atoms with van der Waals surface area (Å²) in [4.78, 5) is 10.7. The standard InChI is InChI=1S/C28H46O6/c1-4-11-23(34-26-14-9-10-19-31-26)16-15-22-17-18-28(32-20-27(2,3)21-33-28)24(22)12-7-5-6-8-13-25(29)30/h5-6,15-16,22-24,26H,4,7-14,17-21H2,1-3H3,(H,29,30). The summed E-state index contributed by atoms with van der Waals surface area (Å²) >= 11 is 0. The van der Waals surface area contributed by atoms with Crippen LogP contribution in [0.2, 0.25) is 0 Å². The lowest BCUT2D eigenvalue weighted by Gasteiger charge is -2.45. The molecule has 2 aliphatic heterocycles. The number of carboxylic acids is 1. The molecule has 1 aliphatic carbocycles. The maximum absolute atomic E-state index is 10.7. The van der Waals surface area contributed by atoms with Gasteiger partial charge in [-0.3, -0.25) is 4.79 Å². The lowest BCUT2D eigenvalue weighted by Crippen LogP contribution is -2.50. The number of carboxylic acid groups (broad SMARTS) is 1. The van der Waals surface area contributed by atoms with E-state index in [1.807, 2.05) is 6.08 Å². The minimum absolute atomic E-state index is 0.0422. The van der Waals surface area contributed by atoms with Crippen molar-refractivity contribution in [3.63, 3.8) is 0 Å². The van der Waals surface area contributed by atoms with E-state index in [1.165, 1.54) is 6.42 Å². The van der Waals surface area contributed by atoms with Crippen molar-refractivity contribution in [3.05, 3.63) is 24.3 Å². The van der Waals surface area contributed by atoms with E-state index in [-0.39, 0.29) is 30.1 Å². The molecule has 0 amide bonds. The molecule has 0 bridgehead atoms. The van der Waals surface area contributed by atoms with Crippen molar-refractivity contribution in [1.82, 2.24) is 0 Å². The number of hydrogen-bond donors (Lipinski definition) is 1. The van der Waals surface area contributed by atoms with Gasteiger partial charge in [0.2, 0.25) is 0 Å². The number of carbonyl (C=O) groups is 1. The summed E-state index contributed by atoms with van der Waals surface area (Å²) in [6.07, 6.45) is 18.6. The smallest absolute Gasteiger partial charge is 0.303 e. The summed E-state index contributed by atoms with van der Waals surface area (Å²) in [7, 11) is 0. The van der Waals surface area contributed by atoms with Gasteiger partial charge in [0.25, 0.3) is 0 Å². The Morgan fingerprint density at radius 3 is 2.59 bits per heavy atom. The quantitative estimate of drug-likeness (QED) is 0.334. The highest BCUT2D eigenvalue weighted by molar-refractivity contribution is 5.66. The van der Waals surface area contributed by atoms with Crippen LogP contribution in [0.4, 0.5) is 0 Å². The van der Waals surface area contributed by atoms with Crippen molar-refractivity contribution in [2.24, 2.45) is 17.3 Å². The summed E-state index contributed by atoms with van der Waals surface area (Å²) in [5.41, 5.74) is 0.0422. The third kappa shape index (κ3) is 8.18. The van der Waals surface area contributed by atoms with Crippen molar-refractivity contribution in [2.75, 3.05) is 19.8 Å². The van der Waals surface area contributed by atoms with Crippen LogP contribution in [-0.4, -0.2) is 49.1 Å². The molecule has 0 radical (unpaired) electrons. The van der Waals surface area contributed by atoms with Crippen LogP contribution in [0.3, 0.4) is 0 Å². The first-order chi connectivity index (χ1) is 16.3. The lowest BCUT2D eigenvalue weighted by atomic mass is 9.85. The molecule has 194 valence electrons. The molecule has 0 aromatic heterocycles. The summed E-state index contributed by atoms with van der Waals surface area (Å²) in [5.74, 6) is -0.604. The first kappa shape index (κ1) is 27.4. The third-order valence-electron chi connectivity index (χ3n) is 7.27. The molecule has 3 aliphatic rings. The molecule has 2 saturated heterocycles. The minimum Gasteiger partial charge on any atom is -0.481 e. The number of rotatable bonds is 12. The first-order valence-electron chi connectivity index (χ1n) is 13.4. The van der Waals surface area contributed by atoms with Crippen LogP contribution in [0.5, 0.6) is 0 Å². The zero-order valence-corrected chi connectivity index (χ0v) is 21.5. The van der Waals surface area contributed by atoms with Crippen LogP contribution in [-0.2, 0) is 23.7 Å². The average molecular weight is 479 g/mol. The molecular formula is C28H46O6. The molecule has 4 unspecified atom stereocenters. The van der Waals surface area contributed by atoms with E-state index >= 15 is 0 Å². The highest BCUT2D eigenvalue weighted by atomic mass is 16.7. The van der Waals surface area contributed by atoms with Gasteiger partial charge < -0.3 is 24.1 Å². The van der Waals surface area contributed by atoms with Gasteiger partial charge in [-0.1, -0.05) is 51.5 Å². The zero-order chi connectivity index (χ0) is 24.4. The van der Waals surface area contributed by atoms with Crippen LogP contribution in [0, 0.1) is 17.3 Å². The normalized spacial score (nSPS) is 29.8. The van der Waals surface area contributed by atoms with Gasteiger partial charge in [-0.15, -0.1) is 0 Å². The van der Waals surface area contributed by atoms with E-state index < -0.39 is 11.8 Å². The number of allylic oxidation sites excluding steroid dienone is 3. The molecular weight excluding hydrogens is 432 g/mol. The Labute approximate surface area is 206 Å². The fraction of sp³-hybridized carbons (Fsp3) is 0.821. The maximum atomic E-state index is 10.7. The van der Waals surface area contributed by atoms with Gasteiger partial charge in [-0.2, -0.15) is 0 Å². The first-order valence-corrected chi connectivity index (χ1v) is 13.4. The molecule has 6 heteroatoms. The predicted octanol–water partition coefficient (Wildman–Crippen LogP) is 6.25. The fourth-order valence-electron chi connectivity index (χ4n) is 5.31. The second kappa shape index (κ2) is 13.2. The molecule has 1 N–H and O–H groups in total. The lowest BCUT2D eigenvalue weighted by molar-refractivity contribution is -0.316. The molecule has 1 spiro atoms. The topological polar surface area (TPSA) is 74.2 Å². The van der Waals surface area contributed by atoms with Gasteiger partial charge in [0.05, 0.1) is 19.3 Å². The Balaban J connectivity index is 1.64. The van der Waals surface area contributed by atoms with Crippen LogP contribution in [0.25, 0.3) is 0 Å². The van der Waals surface area contributed by atoms with Gasteiger partial charge in [0.15, 0.2) is 12.1 Å². The van der Waals surface area contributed by atoms with Crippen LogP contribution in [0.15, 0.2) is 24.3 Å². The van der Waals surface area contributed by atoms with Crippen LogP contribution < -0.4 is 0 Å². The molecule has 0 aromatic rings. The van der Waals surface area contributed by atoms with Gasteiger partial charge in [0, 0.05) is 30.8 Å². The Bertz CT molecular complexity index is 668. The molecule has 34 heavy (non-hydrogen) atoms. The molecule has 1 saturated carbocycles. The molecule has 2 heterocycles. The molecule has 0 aromatic carbocycles. The van der Waals surface area contributed by atoms with Gasteiger partial charge in [0.1, 0.15) is 0 Å². The number of ether oxygens (including phenoxy) is 4. The minimum atomic E-state index is -0.751. The SMILES string of the molecule is CCCC(C=CC1CCC2(OCC(C)(C)CO2)C1CCC=CCCC(=O)O)OC1CCCCO1. The van der Waals surface area contributed by atoms with E-state index in [1.54, 1.807) is 0 Å². The summed E-state index contributed by atoms with van der Waals surface area (Å²) < 4.78 is 25.0. The van der Waals surface area contributed by atoms with E-state index in [9.17, 15) is 4.79 Å². The largest absolute Gasteiger partial charge is 0.481 e. The molecule has 3 fully saturated rings. The Kier molecular flexibility index (Phi) is 10.6. The highest BCUT2D eigenvalue weighted by Gasteiger charge is 2.52. The van der Waals surface area contributed by atoms with Gasteiger partial charge >= 0.3 is 5.97 Å². The van der Waals surface area contributed by atoms with Crippen molar-refractivity contribution in [1.29, 1.82) is 0 Å². The van der Waals surface area contributed by atoms with E-state index in [2.05, 4.69) is 39.0 Å². The van der Waals surface area contributed by atoms with Crippen molar-refractivity contribution in [3.8, 4) is 0 Å². The summed E-state index contributed by atoms with van der Waals surface area (Å²) in [6.45, 7) is 8.80. The molecule has 4 atom stereocenters. The summed E-state index contributed by atoms with van der Waals surface area (Å²) in [6, 6.07) is 0. The van der Waals surface area contributed by atoms with Crippen molar-refractivity contribution in [2.45, 2.75) is 110 Å². The highest BCUT2D eigenvalue weighted by Crippen LogP contribution is 2.50. The summed E-state index contributed by atoms with van der Waals surface area (Å²) in [5, 5.41) is 8.84. The maximum Gasteiger partial charge on any atom is 0.303 e. The predicted molar refractivity (Wildman–Crippen MR) is 132 cm³/mol. The Hall–Kier alpha value is -1.21. The van der Waals surface area contributed by atoms with Gasteiger partial charge in [-0.05, 0) is 57.3 Å². The van der Waals surface area contributed by atoms with Gasteiger partial charge in [-0.25, -0.2) is 0 Å². The Morgan fingerprint density at radius 1 is 1.15 bits per heavy atom. The number of aliphatic carboxylic acids is 1. The second-order valence-electron chi connectivity index (χ2n) is 11.0. The van der Waals surface area contributed by atoms with Crippen molar-refractivity contribution >= 4 is 5.97 Å². The van der Waals surface area contributed by atoms with E-state index in [0.29, 0.717) is 12.3 Å². The van der Waals surface area contributed by atoms with Crippen LogP contribution >= 0.6 is 0 Å². The zero-order valence-electron chi connectivity index (χ0n) is 21.5. The van der Waals surface area contributed by atoms with E-state index in [0.717, 1.165) is 71.2 Å².